The van der Waals surface area contributed by atoms with Gasteiger partial charge < -0.3 is 15.0 Å². The molecule has 10 heteroatoms. The quantitative estimate of drug-likeness (QED) is 0.494. The Labute approximate surface area is 184 Å². The molecule has 9 nitrogen and oxygen atoms in total. The Morgan fingerprint density at radius 1 is 1.29 bits per heavy atom. The molecule has 1 aliphatic rings. The first-order valence-electron chi connectivity index (χ1n) is 10.5. The smallest absolute Gasteiger partial charge is 0.197 e. The van der Waals surface area contributed by atoms with Crippen LogP contribution in [-0.2, 0) is 0 Å². The second kappa shape index (κ2) is 7.93. The summed E-state index contributed by atoms with van der Waals surface area (Å²) < 4.78 is 7.27. The van der Waals surface area contributed by atoms with E-state index in [0.717, 1.165) is 47.2 Å². The number of pyridine rings is 1. The molecule has 1 saturated heterocycles. The van der Waals surface area contributed by atoms with Crippen LogP contribution in [0.4, 0.5) is 5.00 Å². The van der Waals surface area contributed by atoms with Crippen molar-refractivity contribution in [3.8, 4) is 27.7 Å². The van der Waals surface area contributed by atoms with Gasteiger partial charge in [-0.25, -0.2) is 14.5 Å². The van der Waals surface area contributed by atoms with E-state index in [9.17, 15) is 0 Å². The van der Waals surface area contributed by atoms with Gasteiger partial charge >= 0.3 is 0 Å². The summed E-state index contributed by atoms with van der Waals surface area (Å²) in [5.41, 5.74) is 4.63. The highest BCUT2D eigenvalue weighted by Crippen LogP contribution is 2.40. The van der Waals surface area contributed by atoms with Gasteiger partial charge in [-0.3, -0.25) is 5.10 Å². The highest BCUT2D eigenvalue weighted by Gasteiger charge is 2.25. The van der Waals surface area contributed by atoms with Gasteiger partial charge in [0.1, 0.15) is 22.0 Å². The maximum absolute atomic E-state index is 5.54. The van der Waals surface area contributed by atoms with Gasteiger partial charge in [0.05, 0.1) is 19.0 Å². The van der Waals surface area contributed by atoms with Gasteiger partial charge in [0.25, 0.3) is 0 Å². The van der Waals surface area contributed by atoms with Crippen LogP contribution >= 0.6 is 11.3 Å². The molecule has 2 N–H and O–H groups in total. The van der Waals surface area contributed by atoms with Crippen LogP contribution in [0.5, 0.6) is 5.75 Å². The summed E-state index contributed by atoms with van der Waals surface area (Å²) in [5, 5.41) is 17.8. The maximum Gasteiger partial charge on any atom is 0.197 e. The zero-order chi connectivity index (χ0) is 21.5. The lowest BCUT2D eigenvalue weighted by Gasteiger charge is -2.34. The maximum atomic E-state index is 5.54. The van der Waals surface area contributed by atoms with E-state index in [1.54, 1.807) is 23.0 Å². The van der Waals surface area contributed by atoms with Gasteiger partial charge in [0, 0.05) is 43.0 Å². The normalized spacial score (nSPS) is 17.1. The van der Waals surface area contributed by atoms with Crippen molar-refractivity contribution in [3.05, 3.63) is 30.4 Å². The summed E-state index contributed by atoms with van der Waals surface area (Å²) in [5.74, 6) is 0.928. The number of nitrogens with one attached hydrogen (secondary N) is 2. The zero-order valence-corrected chi connectivity index (χ0v) is 18.9. The number of hydrogen-bond acceptors (Lipinski definition) is 8. The lowest BCUT2D eigenvalue weighted by atomic mass is 9.97. The Balaban J connectivity index is 1.57. The molecule has 0 aliphatic carbocycles. The molecule has 31 heavy (non-hydrogen) atoms. The van der Waals surface area contributed by atoms with Crippen molar-refractivity contribution in [2.75, 3.05) is 31.6 Å². The van der Waals surface area contributed by atoms with Crippen LogP contribution in [0.1, 0.15) is 32.3 Å². The third-order valence-electron chi connectivity index (χ3n) is 5.71. The molecular weight excluding hydrogens is 412 g/mol. The molecule has 4 aromatic heterocycles. The SMILES string of the molecule is COc1cc(-c2[nH]nc(-c3ncc(N4CCNC[C@@H]4C)s3)c2C(C)C)cn2ncnc12. The van der Waals surface area contributed by atoms with E-state index in [-0.39, 0.29) is 5.92 Å². The number of methoxy groups -OCH3 is 1. The molecule has 0 unspecified atom stereocenters. The number of rotatable bonds is 5. The zero-order valence-electron chi connectivity index (χ0n) is 18.1. The van der Waals surface area contributed by atoms with Crippen molar-refractivity contribution >= 4 is 22.0 Å². The third kappa shape index (κ3) is 3.45. The van der Waals surface area contributed by atoms with E-state index in [0.29, 0.717) is 17.4 Å². The van der Waals surface area contributed by atoms with Crippen LogP contribution in [0.25, 0.3) is 27.6 Å². The summed E-state index contributed by atoms with van der Waals surface area (Å²) in [7, 11) is 1.64. The number of nitrogens with zero attached hydrogens (tertiary/aromatic N) is 6. The number of hydrogen-bond donors (Lipinski definition) is 2. The van der Waals surface area contributed by atoms with E-state index in [2.05, 4.69) is 46.2 Å². The molecule has 1 fully saturated rings. The number of ether oxygens (including phenoxy) is 1. The van der Waals surface area contributed by atoms with Crippen molar-refractivity contribution in [3.63, 3.8) is 0 Å². The van der Waals surface area contributed by atoms with Crippen molar-refractivity contribution in [1.29, 1.82) is 0 Å². The summed E-state index contributed by atoms with van der Waals surface area (Å²) in [6.45, 7) is 9.57. The minimum Gasteiger partial charge on any atom is -0.493 e. The lowest BCUT2D eigenvalue weighted by molar-refractivity contribution is 0.416. The summed E-state index contributed by atoms with van der Waals surface area (Å²) in [6, 6.07) is 2.42. The predicted molar refractivity (Wildman–Crippen MR) is 122 cm³/mol. The molecule has 1 atom stereocenters. The first-order valence-corrected chi connectivity index (χ1v) is 11.3. The number of thiazole rings is 1. The van der Waals surface area contributed by atoms with E-state index < -0.39 is 0 Å². The molecule has 0 aromatic carbocycles. The number of fused-ring (bicyclic) bond motifs is 1. The van der Waals surface area contributed by atoms with Gasteiger partial charge in [0.15, 0.2) is 11.4 Å². The monoisotopic (exact) mass is 438 g/mol. The number of aromatic nitrogens is 6. The Kier molecular flexibility index (Phi) is 5.11. The molecule has 0 saturated carbocycles. The molecule has 0 amide bonds. The van der Waals surface area contributed by atoms with E-state index in [1.165, 1.54) is 11.3 Å². The van der Waals surface area contributed by atoms with Crippen LogP contribution in [0.15, 0.2) is 24.8 Å². The standard InChI is InChI=1S/C21H26N8OS/c1-12(2)17-18(14-7-15(30-4)20-24-11-25-29(20)10-14)26-27-19(17)21-23-9-16(31-21)28-6-5-22-8-13(28)3/h7,9-13,22H,5-6,8H2,1-4H3,(H,26,27)/t13-/m0/s1. The van der Waals surface area contributed by atoms with Crippen LogP contribution in [0.2, 0.25) is 0 Å². The van der Waals surface area contributed by atoms with Crippen molar-refractivity contribution in [1.82, 2.24) is 35.1 Å². The van der Waals surface area contributed by atoms with Crippen LogP contribution in [-0.4, -0.2) is 62.6 Å². The van der Waals surface area contributed by atoms with Gasteiger partial charge in [0.2, 0.25) is 0 Å². The summed E-state index contributed by atoms with van der Waals surface area (Å²) in [6.07, 6.45) is 5.45. The molecular formula is C21H26N8OS. The number of anilines is 1. The molecule has 0 radical (unpaired) electrons. The summed E-state index contributed by atoms with van der Waals surface area (Å²) >= 11 is 1.70. The molecule has 0 bridgehead atoms. The van der Waals surface area contributed by atoms with E-state index in [1.807, 2.05) is 18.5 Å². The van der Waals surface area contributed by atoms with Gasteiger partial charge in [-0.05, 0) is 18.9 Å². The lowest BCUT2D eigenvalue weighted by Crippen LogP contribution is -2.49. The summed E-state index contributed by atoms with van der Waals surface area (Å²) in [4.78, 5) is 11.4. The van der Waals surface area contributed by atoms with Crippen molar-refractivity contribution < 1.29 is 4.74 Å². The Hall–Kier alpha value is -2.98. The Morgan fingerprint density at radius 2 is 2.16 bits per heavy atom. The van der Waals surface area contributed by atoms with Crippen molar-refractivity contribution in [2.24, 2.45) is 0 Å². The second-order valence-corrected chi connectivity index (χ2v) is 9.10. The highest BCUT2D eigenvalue weighted by atomic mass is 32.1. The van der Waals surface area contributed by atoms with Crippen molar-refractivity contribution in [2.45, 2.75) is 32.7 Å². The fraction of sp³-hybridized carbons (Fsp3) is 0.429. The van der Waals surface area contributed by atoms with Gasteiger partial charge in [-0.1, -0.05) is 25.2 Å². The highest BCUT2D eigenvalue weighted by molar-refractivity contribution is 7.18. The van der Waals surface area contributed by atoms with Crippen LogP contribution in [0.3, 0.4) is 0 Å². The molecule has 4 aromatic rings. The third-order valence-corrected chi connectivity index (χ3v) is 6.75. The van der Waals surface area contributed by atoms with Gasteiger partial charge in [-0.15, -0.1) is 0 Å². The molecule has 162 valence electrons. The van der Waals surface area contributed by atoms with Gasteiger partial charge in [-0.2, -0.15) is 10.2 Å². The average molecular weight is 439 g/mol. The Morgan fingerprint density at radius 3 is 2.94 bits per heavy atom. The van der Waals surface area contributed by atoms with E-state index >= 15 is 0 Å². The molecule has 5 rings (SSSR count). The van der Waals surface area contributed by atoms with E-state index in [4.69, 9.17) is 14.8 Å². The largest absolute Gasteiger partial charge is 0.493 e. The molecule has 0 spiro atoms. The molecule has 5 heterocycles. The fourth-order valence-electron chi connectivity index (χ4n) is 4.15. The minimum absolute atomic E-state index is 0.256. The minimum atomic E-state index is 0.256. The number of H-pyrrole nitrogens is 1. The Bertz CT molecular complexity index is 1210. The first kappa shape index (κ1) is 20.0. The second-order valence-electron chi connectivity index (χ2n) is 8.09. The first-order chi connectivity index (χ1) is 15.1. The predicted octanol–water partition coefficient (Wildman–Crippen LogP) is 3.17. The topological polar surface area (TPSA) is 96.3 Å². The van der Waals surface area contributed by atoms with Crippen LogP contribution in [0, 0.1) is 0 Å². The fourth-order valence-corrected chi connectivity index (χ4v) is 5.20. The average Bonchev–Trinajstić information content (AvgIpc) is 3.51. The van der Waals surface area contributed by atoms with Crippen LogP contribution < -0.4 is 15.0 Å². The number of piperazine rings is 1. The molecule has 1 aliphatic heterocycles. The number of aromatic amines is 1.